The Bertz CT molecular complexity index is 579. The Morgan fingerprint density at radius 3 is 2.74 bits per heavy atom. The first-order valence-electron chi connectivity index (χ1n) is 7.00. The fourth-order valence-electron chi connectivity index (χ4n) is 3.04. The molecule has 19 heavy (non-hydrogen) atoms. The van der Waals surface area contributed by atoms with Crippen molar-refractivity contribution in [3.8, 4) is 0 Å². The fourth-order valence-corrected chi connectivity index (χ4v) is 3.04. The van der Waals surface area contributed by atoms with Crippen LogP contribution in [0, 0.1) is 5.92 Å². The van der Waals surface area contributed by atoms with Gasteiger partial charge in [-0.3, -0.25) is 4.79 Å². The van der Waals surface area contributed by atoms with Gasteiger partial charge in [0.1, 0.15) is 0 Å². The highest BCUT2D eigenvalue weighted by molar-refractivity contribution is 5.88. The van der Waals surface area contributed by atoms with E-state index in [4.69, 9.17) is 0 Å². The summed E-state index contributed by atoms with van der Waals surface area (Å²) < 4.78 is 2.19. The monoisotopic (exact) mass is 256 g/mol. The third-order valence-corrected chi connectivity index (χ3v) is 4.24. The zero-order valence-electron chi connectivity index (χ0n) is 11.4. The number of piperidine rings is 1. The molecule has 0 bridgehead atoms. The molecule has 2 heterocycles. The van der Waals surface area contributed by atoms with Crippen molar-refractivity contribution >= 4 is 17.2 Å². The Kier molecular flexibility index (Phi) is 3.38. The highest BCUT2D eigenvalue weighted by Gasteiger charge is 2.19. The molecule has 0 atom stereocenters. The van der Waals surface area contributed by atoms with Crippen LogP contribution in [0.1, 0.15) is 23.3 Å². The minimum absolute atomic E-state index is 0.686. The molecular weight excluding hydrogens is 236 g/mol. The highest BCUT2D eigenvalue weighted by Crippen LogP contribution is 2.24. The first-order chi connectivity index (χ1) is 9.28. The smallest absolute Gasteiger partial charge is 0.166 e. The number of likely N-dealkylation sites (tertiary alicyclic amines) is 1. The molecule has 3 heteroatoms. The molecule has 0 aliphatic carbocycles. The van der Waals surface area contributed by atoms with Gasteiger partial charge in [-0.2, -0.15) is 0 Å². The van der Waals surface area contributed by atoms with Crippen LogP contribution >= 0.6 is 0 Å². The number of aromatic nitrogens is 1. The van der Waals surface area contributed by atoms with Gasteiger partial charge in [0.15, 0.2) is 6.29 Å². The predicted molar refractivity (Wildman–Crippen MR) is 77.5 cm³/mol. The maximum atomic E-state index is 11.3. The molecular formula is C16H20N2O. The fraction of sp³-hybridized carbons (Fsp3) is 0.438. The lowest BCUT2D eigenvalue weighted by atomic mass is 9.97. The van der Waals surface area contributed by atoms with Crippen LogP contribution < -0.4 is 0 Å². The summed E-state index contributed by atoms with van der Waals surface area (Å²) in [5.74, 6) is 0.686. The Hall–Kier alpha value is -1.61. The first kappa shape index (κ1) is 12.4. The van der Waals surface area contributed by atoms with Gasteiger partial charge in [-0.05, 0) is 51.0 Å². The van der Waals surface area contributed by atoms with Crippen molar-refractivity contribution < 1.29 is 4.79 Å². The van der Waals surface area contributed by atoms with E-state index in [1.807, 2.05) is 18.2 Å². The van der Waals surface area contributed by atoms with Crippen molar-refractivity contribution in [3.63, 3.8) is 0 Å². The average molecular weight is 256 g/mol. The standard InChI is InChI=1S/C16H20N2O/c1-17-8-6-13(7-9-17)11-18-15(12-19)10-14-4-2-3-5-16(14)18/h2-5,10,12-13H,6-9,11H2,1H3. The molecule has 0 saturated carbocycles. The van der Waals surface area contributed by atoms with Crippen LogP contribution in [0.15, 0.2) is 30.3 Å². The summed E-state index contributed by atoms with van der Waals surface area (Å²) in [6.45, 7) is 3.30. The van der Waals surface area contributed by atoms with Crippen LogP contribution in [-0.2, 0) is 6.54 Å². The number of carbonyl (C=O) groups excluding carboxylic acids is 1. The summed E-state index contributed by atoms with van der Waals surface area (Å²) in [5.41, 5.74) is 1.99. The number of para-hydroxylation sites is 1. The maximum Gasteiger partial charge on any atom is 0.166 e. The summed E-state index contributed by atoms with van der Waals surface area (Å²) >= 11 is 0. The second-order valence-electron chi connectivity index (χ2n) is 5.60. The molecule has 0 unspecified atom stereocenters. The van der Waals surface area contributed by atoms with Gasteiger partial charge in [-0.1, -0.05) is 18.2 Å². The molecule has 3 rings (SSSR count). The van der Waals surface area contributed by atoms with Crippen molar-refractivity contribution in [2.45, 2.75) is 19.4 Å². The van der Waals surface area contributed by atoms with Crippen LogP contribution in [0.5, 0.6) is 0 Å². The van der Waals surface area contributed by atoms with Gasteiger partial charge < -0.3 is 9.47 Å². The van der Waals surface area contributed by atoms with E-state index >= 15 is 0 Å². The SMILES string of the molecule is CN1CCC(Cn2c(C=O)cc3ccccc32)CC1. The van der Waals surface area contributed by atoms with E-state index in [2.05, 4.69) is 28.6 Å². The molecule has 1 fully saturated rings. The summed E-state index contributed by atoms with van der Waals surface area (Å²) in [5, 5.41) is 1.16. The van der Waals surface area contributed by atoms with Gasteiger partial charge in [0.05, 0.1) is 5.69 Å². The van der Waals surface area contributed by atoms with Gasteiger partial charge in [0, 0.05) is 17.4 Å². The lowest BCUT2D eigenvalue weighted by molar-refractivity contribution is 0.111. The third kappa shape index (κ3) is 2.43. The molecule has 1 aromatic heterocycles. The Morgan fingerprint density at radius 1 is 1.26 bits per heavy atom. The maximum absolute atomic E-state index is 11.3. The molecule has 1 aromatic carbocycles. The Morgan fingerprint density at radius 2 is 2.00 bits per heavy atom. The lowest BCUT2D eigenvalue weighted by Crippen LogP contribution is -2.32. The largest absolute Gasteiger partial charge is 0.338 e. The molecule has 1 saturated heterocycles. The number of aldehydes is 1. The quantitative estimate of drug-likeness (QED) is 0.789. The third-order valence-electron chi connectivity index (χ3n) is 4.24. The van der Waals surface area contributed by atoms with E-state index in [0.717, 1.165) is 23.9 Å². The van der Waals surface area contributed by atoms with E-state index in [1.54, 1.807) is 0 Å². The van der Waals surface area contributed by atoms with E-state index in [0.29, 0.717) is 5.92 Å². The Labute approximate surface area is 113 Å². The number of nitrogens with zero attached hydrogens (tertiary/aromatic N) is 2. The molecule has 1 aliphatic heterocycles. The summed E-state index contributed by atoms with van der Waals surface area (Å²) in [6.07, 6.45) is 3.43. The highest BCUT2D eigenvalue weighted by atomic mass is 16.1. The summed E-state index contributed by atoms with van der Waals surface area (Å²) in [6, 6.07) is 10.3. The molecule has 0 N–H and O–H groups in total. The van der Waals surface area contributed by atoms with Gasteiger partial charge in [-0.15, -0.1) is 0 Å². The van der Waals surface area contributed by atoms with Crippen molar-refractivity contribution in [3.05, 3.63) is 36.0 Å². The van der Waals surface area contributed by atoms with Gasteiger partial charge in [0.25, 0.3) is 0 Å². The van der Waals surface area contributed by atoms with Gasteiger partial charge >= 0.3 is 0 Å². The van der Waals surface area contributed by atoms with Crippen molar-refractivity contribution in [2.24, 2.45) is 5.92 Å². The first-order valence-corrected chi connectivity index (χ1v) is 7.00. The van der Waals surface area contributed by atoms with E-state index in [1.165, 1.54) is 31.4 Å². The summed E-state index contributed by atoms with van der Waals surface area (Å²) in [7, 11) is 2.18. The Balaban J connectivity index is 1.89. The molecule has 3 nitrogen and oxygen atoms in total. The summed E-state index contributed by atoms with van der Waals surface area (Å²) in [4.78, 5) is 13.6. The molecule has 0 radical (unpaired) electrons. The average Bonchev–Trinajstić information content (AvgIpc) is 2.79. The van der Waals surface area contributed by atoms with E-state index in [-0.39, 0.29) is 0 Å². The van der Waals surface area contributed by atoms with Gasteiger partial charge in [-0.25, -0.2) is 0 Å². The molecule has 100 valence electrons. The molecule has 2 aromatic rings. The van der Waals surface area contributed by atoms with Crippen LogP contribution in [0.3, 0.4) is 0 Å². The number of fused-ring (bicyclic) bond motifs is 1. The second kappa shape index (κ2) is 5.17. The number of carbonyl (C=O) groups is 1. The van der Waals surface area contributed by atoms with Crippen molar-refractivity contribution in [1.29, 1.82) is 0 Å². The predicted octanol–water partition coefficient (Wildman–Crippen LogP) is 2.80. The zero-order chi connectivity index (χ0) is 13.2. The van der Waals surface area contributed by atoms with E-state index < -0.39 is 0 Å². The zero-order valence-corrected chi connectivity index (χ0v) is 11.4. The number of benzene rings is 1. The topological polar surface area (TPSA) is 25.2 Å². The molecule has 1 aliphatic rings. The lowest BCUT2D eigenvalue weighted by Gasteiger charge is -2.29. The van der Waals surface area contributed by atoms with Crippen LogP contribution in [0.4, 0.5) is 0 Å². The van der Waals surface area contributed by atoms with E-state index in [9.17, 15) is 4.79 Å². The normalized spacial score (nSPS) is 17.9. The van der Waals surface area contributed by atoms with Gasteiger partial charge in [0.2, 0.25) is 0 Å². The molecule has 0 spiro atoms. The van der Waals surface area contributed by atoms with Crippen molar-refractivity contribution in [2.75, 3.05) is 20.1 Å². The number of hydrogen-bond donors (Lipinski definition) is 0. The number of hydrogen-bond acceptors (Lipinski definition) is 2. The second-order valence-corrected chi connectivity index (χ2v) is 5.60. The minimum Gasteiger partial charge on any atom is -0.338 e. The van der Waals surface area contributed by atoms with Crippen molar-refractivity contribution in [1.82, 2.24) is 9.47 Å². The van der Waals surface area contributed by atoms with Crippen LogP contribution in [0.25, 0.3) is 10.9 Å². The minimum atomic E-state index is 0.686. The number of rotatable bonds is 3. The van der Waals surface area contributed by atoms with Crippen LogP contribution in [-0.4, -0.2) is 35.9 Å². The van der Waals surface area contributed by atoms with Crippen LogP contribution in [0.2, 0.25) is 0 Å². The molecule has 0 amide bonds.